The van der Waals surface area contributed by atoms with E-state index in [1.807, 2.05) is 43.3 Å². The Morgan fingerprint density at radius 3 is 2.88 bits per heavy atom. The maximum absolute atomic E-state index is 11.9. The van der Waals surface area contributed by atoms with Gasteiger partial charge in [-0.25, -0.2) is 0 Å². The number of ether oxygens (including phenoxy) is 2. The van der Waals surface area contributed by atoms with E-state index in [0.29, 0.717) is 18.0 Å². The first-order valence-electron chi connectivity index (χ1n) is 7.82. The molecule has 2 aromatic rings. The maximum atomic E-state index is 11.9. The van der Waals surface area contributed by atoms with Gasteiger partial charge in [0.1, 0.15) is 0 Å². The highest BCUT2D eigenvalue weighted by Crippen LogP contribution is 2.28. The van der Waals surface area contributed by atoms with Gasteiger partial charge in [0.15, 0.2) is 18.1 Å². The Morgan fingerprint density at radius 1 is 1.29 bits per heavy atom. The predicted octanol–water partition coefficient (Wildman–Crippen LogP) is 2.86. The molecule has 0 radical (unpaired) electrons. The highest BCUT2D eigenvalue weighted by molar-refractivity contribution is 5.77. The van der Waals surface area contributed by atoms with Crippen LogP contribution in [-0.4, -0.2) is 31.2 Å². The Balaban J connectivity index is 1.81. The van der Waals surface area contributed by atoms with Gasteiger partial charge in [0.05, 0.1) is 7.11 Å². The zero-order valence-corrected chi connectivity index (χ0v) is 14.0. The number of pyridine rings is 1. The molecule has 0 saturated carbocycles. The fraction of sp³-hybridized carbons (Fsp3) is 0.263. The number of allylic oxidation sites excluding steroid dienone is 1. The molecule has 1 heterocycles. The number of amides is 1. The Morgan fingerprint density at radius 2 is 2.17 bits per heavy atom. The van der Waals surface area contributed by atoms with Crippen LogP contribution >= 0.6 is 0 Å². The standard InChI is InChI=1S/C19H22N2O3/c1-3-5-15-7-8-17(18(12-15)23-2)24-14-19(22)21-11-9-16-6-4-10-20-13-16/h3-8,10,12-13H,9,11,14H2,1-2H3,(H,21,22)/b5-3+. The fourth-order valence-electron chi connectivity index (χ4n) is 2.19. The average Bonchev–Trinajstić information content (AvgIpc) is 2.61. The number of benzene rings is 1. The highest BCUT2D eigenvalue weighted by atomic mass is 16.5. The van der Waals surface area contributed by atoms with E-state index in [1.54, 1.807) is 25.6 Å². The largest absolute Gasteiger partial charge is 0.493 e. The molecule has 0 saturated heterocycles. The Bertz CT molecular complexity index is 684. The summed E-state index contributed by atoms with van der Waals surface area (Å²) < 4.78 is 10.9. The van der Waals surface area contributed by atoms with Crippen LogP contribution in [0, 0.1) is 0 Å². The summed E-state index contributed by atoms with van der Waals surface area (Å²) in [7, 11) is 1.58. The Labute approximate surface area is 142 Å². The van der Waals surface area contributed by atoms with Gasteiger partial charge in [-0.1, -0.05) is 24.3 Å². The van der Waals surface area contributed by atoms with Crippen molar-refractivity contribution in [3.8, 4) is 11.5 Å². The number of methoxy groups -OCH3 is 1. The van der Waals surface area contributed by atoms with Crippen molar-refractivity contribution in [2.45, 2.75) is 13.3 Å². The van der Waals surface area contributed by atoms with Gasteiger partial charge < -0.3 is 14.8 Å². The van der Waals surface area contributed by atoms with E-state index in [2.05, 4.69) is 10.3 Å². The summed E-state index contributed by atoms with van der Waals surface area (Å²) in [4.78, 5) is 15.9. The summed E-state index contributed by atoms with van der Waals surface area (Å²) in [5, 5.41) is 2.83. The molecule has 0 aliphatic carbocycles. The molecule has 1 aromatic carbocycles. The minimum Gasteiger partial charge on any atom is -0.493 e. The van der Waals surface area contributed by atoms with Gasteiger partial charge in [-0.2, -0.15) is 0 Å². The van der Waals surface area contributed by atoms with Crippen molar-refractivity contribution >= 4 is 12.0 Å². The molecule has 0 unspecified atom stereocenters. The summed E-state index contributed by atoms with van der Waals surface area (Å²) >= 11 is 0. The van der Waals surface area contributed by atoms with E-state index in [-0.39, 0.29) is 12.5 Å². The third-order valence-corrected chi connectivity index (χ3v) is 3.36. The van der Waals surface area contributed by atoms with Gasteiger partial charge >= 0.3 is 0 Å². The first-order chi connectivity index (χ1) is 11.7. The van der Waals surface area contributed by atoms with Crippen molar-refractivity contribution in [2.75, 3.05) is 20.3 Å². The molecule has 1 N–H and O–H groups in total. The number of nitrogens with zero attached hydrogens (tertiary/aromatic N) is 1. The molecule has 0 aliphatic heterocycles. The Kier molecular flexibility index (Phi) is 6.83. The van der Waals surface area contributed by atoms with Crippen molar-refractivity contribution in [1.82, 2.24) is 10.3 Å². The third-order valence-electron chi connectivity index (χ3n) is 3.36. The molecular formula is C19H22N2O3. The zero-order valence-electron chi connectivity index (χ0n) is 14.0. The number of hydrogen-bond acceptors (Lipinski definition) is 4. The van der Waals surface area contributed by atoms with Crippen LogP contribution in [0.5, 0.6) is 11.5 Å². The lowest BCUT2D eigenvalue weighted by Crippen LogP contribution is -2.30. The predicted molar refractivity (Wildman–Crippen MR) is 94.1 cm³/mol. The van der Waals surface area contributed by atoms with Crippen molar-refractivity contribution < 1.29 is 14.3 Å². The zero-order chi connectivity index (χ0) is 17.2. The normalized spacial score (nSPS) is 10.6. The molecule has 0 atom stereocenters. The number of rotatable bonds is 8. The molecular weight excluding hydrogens is 304 g/mol. The molecule has 5 heteroatoms. The van der Waals surface area contributed by atoms with Crippen molar-refractivity contribution in [2.24, 2.45) is 0 Å². The lowest BCUT2D eigenvalue weighted by Gasteiger charge is -2.11. The van der Waals surface area contributed by atoms with Gasteiger partial charge in [0, 0.05) is 18.9 Å². The van der Waals surface area contributed by atoms with Crippen LogP contribution in [0.25, 0.3) is 6.08 Å². The molecule has 24 heavy (non-hydrogen) atoms. The molecule has 1 amide bonds. The van der Waals surface area contributed by atoms with Crippen LogP contribution in [0.15, 0.2) is 48.8 Å². The molecule has 0 aliphatic rings. The smallest absolute Gasteiger partial charge is 0.257 e. The van der Waals surface area contributed by atoms with Crippen LogP contribution in [-0.2, 0) is 11.2 Å². The molecule has 0 bridgehead atoms. The number of carbonyl (C=O) groups is 1. The van der Waals surface area contributed by atoms with E-state index >= 15 is 0 Å². The average molecular weight is 326 g/mol. The van der Waals surface area contributed by atoms with E-state index in [0.717, 1.165) is 17.5 Å². The van der Waals surface area contributed by atoms with E-state index in [9.17, 15) is 4.79 Å². The quantitative estimate of drug-likeness (QED) is 0.810. The van der Waals surface area contributed by atoms with Gasteiger partial charge in [-0.15, -0.1) is 0 Å². The number of carbonyl (C=O) groups excluding carboxylic acids is 1. The van der Waals surface area contributed by atoms with Crippen molar-refractivity contribution in [1.29, 1.82) is 0 Å². The Hall–Kier alpha value is -2.82. The van der Waals surface area contributed by atoms with Crippen LogP contribution in [0.4, 0.5) is 0 Å². The lowest BCUT2D eigenvalue weighted by atomic mass is 10.2. The summed E-state index contributed by atoms with van der Waals surface area (Å²) in [5.41, 5.74) is 2.10. The second-order valence-corrected chi connectivity index (χ2v) is 5.16. The summed E-state index contributed by atoms with van der Waals surface area (Å²) in [5.74, 6) is 0.986. The summed E-state index contributed by atoms with van der Waals surface area (Å²) in [6, 6.07) is 9.45. The SMILES string of the molecule is C/C=C/c1ccc(OCC(=O)NCCc2cccnc2)c(OC)c1. The fourth-order valence-corrected chi connectivity index (χ4v) is 2.19. The molecule has 0 spiro atoms. The van der Waals surface area contributed by atoms with Crippen LogP contribution in [0.3, 0.4) is 0 Å². The van der Waals surface area contributed by atoms with Crippen molar-refractivity contribution in [3.63, 3.8) is 0 Å². The molecule has 0 fully saturated rings. The number of hydrogen-bond donors (Lipinski definition) is 1. The number of nitrogens with one attached hydrogen (secondary N) is 1. The van der Waals surface area contributed by atoms with E-state index < -0.39 is 0 Å². The molecule has 5 nitrogen and oxygen atoms in total. The van der Waals surface area contributed by atoms with Crippen LogP contribution < -0.4 is 14.8 Å². The number of aromatic nitrogens is 1. The second-order valence-electron chi connectivity index (χ2n) is 5.16. The second kappa shape index (κ2) is 9.35. The topological polar surface area (TPSA) is 60.5 Å². The highest BCUT2D eigenvalue weighted by Gasteiger charge is 2.08. The molecule has 1 aromatic heterocycles. The van der Waals surface area contributed by atoms with Crippen molar-refractivity contribution in [3.05, 3.63) is 59.9 Å². The third kappa shape index (κ3) is 5.43. The van der Waals surface area contributed by atoms with Crippen LogP contribution in [0.1, 0.15) is 18.1 Å². The summed E-state index contributed by atoms with van der Waals surface area (Å²) in [6.45, 7) is 2.45. The first kappa shape index (κ1) is 17.5. The van der Waals surface area contributed by atoms with E-state index in [4.69, 9.17) is 9.47 Å². The minimum absolute atomic E-state index is 0.0492. The van der Waals surface area contributed by atoms with E-state index in [1.165, 1.54) is 0 Å². The molecule has 126 valence electrons. The van der Waals surface area contributed by atoms with Gasteiger partial charge in [0.2, 0.25) is 0 Å². The lowest BCUT2D eigenvalue weighted by molar-refractivity contribution is -0.123. The monoisotopic (exact) mass is 326 g/mol. The van der Waals surface area contributed by atoms with Gasteiger partial charge in [-0.05, 0) is 42.7 Å². The summed E-state index contributed by atoms with van der Waals surface area (Å²) in [6.07, 6.45) is 8.17. The van der Waals surface area contributed by atoms with Gasteiger partial charge in [-0.3, -0.25) is 9.78 Å². The van der Waals surface area contributed by atoms with Crippen LogP contribution in [0.2, 0.25) is 0 Å². The first-order valence-corrected chi connectivity index (χ1v) is 7.82. The van der Waals surface area contributed by atoms with Gasteiger partial charge in [0.25, 0.3) is 5.91 Å². The molecule has 2 rings (SSSR count). The minimum atomic E-state index is -0.168. The maximum Gasteiger partial charge on any atom is 0.257 e.